The lowest BCUT2D eigenvalue weighted by atomic mass is 10.4. The van der Waals surface area contributed by atoms with Crippen molar-refractivity contribution in [3.63, 3.8) is 0 Å². The molecule has 0 N–H and O–H groups in total. The second-order valence-corrected chi connectivity index (χ2v) is 3.60. The second-order valence-electron chi connectivity index (χ2n) is 2.59. The lowest BCUT2D eigenvalue weighted by Gasteiger charge is -1.97. The van der Waals surface area contributed by atoms with Gasteiger partial charge in [-0.3, -0.25) is 0 Å². The summed E-state index contributed by atoms with van der Waals surface area (Å²) >= 11 is 1.77. The minimum atomic E-state index is 0.973. The highest BCUT2D eigenvalue weighted by Gasteiger charge is 2.00. The fourth-order valence-corrected chi connectivity index (χ4v) is 1.53. The van der Waals surface area contributed by atoms with Gasteiger partial charge in [0.05, 0.1) is 6.26 Å². The molecule has 0 spiro atoms. The zero-order valence-corrected chi connectivity index (χ0v) is 7.70. The average Bonchev–Trinajstić information content (AvgIpc) is 2.31. The van der Waals surface area contributed by atoms with Gasteiger partial charge in [0, 0.05) is 10.6 Å². The smallest absolute Gasteiger partial charge is 0.114 e. The molecule has 0 bridgehead atoms. The van der Waals surface area contributed by atoms with Crippen LogP contribution >= 0.6 is 11.8 Å². The standard InChI is InChI=1S/C9H12OS/c1-7(2)6-11-9-4-5-10-8(9)3/h4-5H,1,6H2,2-3H3. The molecular formula is C9H12OS. The first-order valence-electron chi connectivity index (χ1n) is 3.51. The molecule has 1 rings (SSSR count). The van der Waals surface area contributed by atoms with Crippen LogP contribution < -0.4 is 0 Å². The summed E-state index contributed by atoms with van der Waals surface area (Å²) in [5, 5.41) is 0. The number of hydrogen-bond donors (Lipinski definition) is 0. The van der Waals surface area contributed by atoms with Gasteiger partial charge in [0.15, 0.2) is 0 Å². The van der Waals surface area contributed by atoms with Crippen molar-refractivity contribution in [2.24, 2.45) is 0 Å². The molecule has 0 aliphatic carbocycles. The molecule has 1 aromatic heterocycles. The summed E-state index contributed by atoms with van der Waals surface area (Å²) < 4.78 is 5.15. The third-order valence-corrected chi connectivity index (χ3v) is 2.66. The van der Waals surface area contributed by atoms with Crippen LogP contribution in [0.5, 0.6) is 0 Å². The number of furan rings is 1. The van der Waals surface area contributed by atoms with Crippen molar-refractivity contribution in [1.82, 2.24) is 0 Å². The maximum Gasteiger partial charge on any atom is 0.114 e. The van der Waals surface area contributed by atoms with Crippen LogP contribution in [0, 0.1) is 6.92 Å². The summed E-state index contributed by atoms with van der Waals surface area (Å²) in [4.78, 5) is 1.22. The fourth-order valence-electron chi connectivity index (χ4n) is 0.724. The summed E-state index contributed by atoms with van der Waals surface area (Å²) in [6, 6.07) is 1.99. The van der Waals surface area contributed by atoms with Crippen LogP contribution in [-0.4, -0.2) is 5.75 Å². The SMILES string of the molecule is C=C(C)CSc1ccoc1C. The molecule has 11 heavy (non-hydrogen) atoms. The van der Waals surface area contributed by atoms with Crippen LogP contribution in [0.3, 0.4) is 0 Å². The molecule has 2 heteroatoms. The van der Waals surface area contributed by atoms with E-state index in [1.165, 1.54) is 10.5 Å². The normalized spacial score (nSPS) is 10.0. The van der Waals surface area contributed by atoms with Crippen molar-refractivity contribution in [3.8, 4) is 0 Å². The molecule has 1 aromatic rings. The molecule has 60 valence electrons. The first kappa shape index (κ1) is 8.47. The van der Waals surface area contributed by atoms with Gasteiger partial charge in [-0.2, -0.15) is 0 Å². The lowest BCUT2D eigenvalue weighted by Crippen LogP contribution is -1.78. The van der Waals surface area contributed by atoms with Crippen LogP contribution in [0.4, 0.5) is 0 Å². The van der Waals surface area contributed by atoms with Gasteiger partial charge in [0.25, 0.3) is 0 Å². The summed E-state index contributed by atoms with van der Waals surface area (Å²) in [5.41, 5.74) is 1.19. The van der Waals surface area contributed by atoms with Crippen LogP contribution in [0.15, 0.2) is 33.8 Å². The molecule has 1 heterocycles. The van der Waals surface area contributed by atoms with E-state index in [1.54, 1.807) is 18.0 Å². The molecule has 0 saturated carbocycles. The molecular weight excluding hydrogens is 156 g/mol. The number of rotatable bonds is 3. The van der Waals surface area contributed by atoms with Gasteiger partial charge < -0.3 is 4.42 Å². The maximum atomic E-state index is 5.15. The lowest BCUT2D eigenvalue weighted by molar-refractivity contribution is 0.527. The second kappa shape index (κ2) is 3.67. The van der Waals surface area contributed by atoms with Gasteiger partial charge in [0.2, 0.25) is 0 Å². The Morgan fingerprint density at radius 1 is 1.73 bits per heavy atom. The first-order chi connectivity index (χ1) is 5.20. The summed E-state index contributed by atoms with van der Waals surface area (Å²) in [6.45, 7) is 7.84. The van der Waals surface area contributed by atoms with Crippen molar-refractivity contribution in [1.29, 1.82) is 0 Å². The predicted octanol–water partition coefficient (Wildman–Crippen LogP) is 3.26. The third-order valence-electron chi connectivity index (χ3n) is 1.29. The Bertz CT molecular complexity index is 250. The van der Waals surface area contributed by atoms with E-state index in [9.17, 15) is 0 Å². The van der Waals surface area contributed by atoms with Gasteiger partial charge in [-0.1, -0.05) is 12.2 Å². The molecule has 0 amide bonds. The molecule has 1 nitrogen and oxygen atoms in total. The summed E-state index contributed by atoms with van der Waals surface area (Å²) in [7, 11) is 0. The van der Waals surface area contributed by atoms with E-state index in [-0.39, 0.29) is 0 Å². The van der Waals surface area contributed by atoms with E-state index in [1.807, 2.05) is 19.9 Å². The molecule has 0 aliphatic rings. The molecule has 0 unspecified atom stereocenters. The van der Waals surface area contributed by atoms with E-state index in [0.717, 1.165) is 11.5 Å². The Morgan fingerprint density at radius 2 is 2.45 bits per heavy atom. The van der Waals surface area contributed by atoms with Crippen molar-refractivity contribution < 1.29 is 4.42 Å². The van der Waals surface area contributed by atoms with Gasteiger partial charge in [-0.25, -0.2) is 0 Å². The Balaban J connectivity index is 2.51. The van der Waals surface area contributed by atoms with Crippen molar-refractivity contribution in [2.75, 3.05) is 5.75 Å². The number of aryl methyl sites for hydroxylation is 1. The zero-order valence-electron chi connectivity index (χ0n) is 6.89. The van der Waals surface area contributed by atoms with Crippen molar-refractivity contribution in [3.05, 3.63) is 30.2 Å². The van der Waals surface area contributed by atoms with Crippen molar-refractivity contribution in [2.45, 2.75) is 18.7 Å². The number of thioether (sulfide) groups is 1. The van der Waals surface area contributed by atoms with Gasteiger partial charge in [-0.05, 0) is 19.9 Å². The quantitative estimate of drug-likeness (QED) is 0.507. The minimum Gasteiger partial charge on any atom is -0.468 e. The van der Waals surface area contributed by atoms with E-state index in [0.29, 0.717) is 0 Å². The van der Waals surface area contributed by atoms with E-state index in [4.69, 9.17) is 4.42 Å². The van der Waals surface area contributed by atoms with E-state index >= 15 is 0 Å². The Morgan fingerprint density at radius 3 is 2.91 bits per heavy atom. The van der Waals surface area contributed by atoms with Crippen LogP contribution in [0.2, 0.25) is 0 Å². The molecule has 0 aliphatic heterocycles. The topological polar surface area (TPSA) is 13.1 Å². The Kier molecular flexibility index (Phi) is 2.83. The van der Waals surface area contributed by atoms with Crippen LogP contribution in [0.25, 0.3) is 0 Å². The van der Waals surface area contributed by atoms with Gasteiger partial charge in [0.1, 0.15) is 5.76 Å². The zero-order chi connectivity index (χ0) is 8.27. The monoisotopic (exact) mass is 168 g/mol. The van der Waals surface area contributed by atoms with Crippen LogP contribution in [0.1, 0.15) is 12.7 Å². The van der Waals surface area contributed by atoms with Gasteiger partial charge >= 0.3 is 0 Å². The number of hydrogen-bond acceptors (Lipinski definition) is 2. The highest BCUT2D eigenvalue weighted by atomic mass is 32.2. The minimum absolute atomic E-state index is 0.973. The highest BCUT2D eigenvalue weighted by Crippen LogP contribution is 2.24. The van der Waals surface area contributed by atoms with E-state index in [2.05, 4.69) is 6.58 Å². The van der Waals surface area contributed by atoms with Gasteiger partial charge in [-0.15, -0.1) is 11.8 Å². The average molecular weight is 168 g/mol. The van der Waals surface area contributed by atoms with Crippen molar-refractivity contribution >= 4 is 11.8 Å². The summed E-state index contributed by atoms with van der Waals surface area (Å²) in [6.07, 6.45) is 1.72. The largest absolute Gasteiger partial charge is 0.468 e. The Hall–Kier alpha value is -0.630. The molecule has 0 atom stereocenters. The molecule has 0 radical (unpaired) electrons. The van der Waals surface area contributed by atoms with E-state index < -0.39 is 0 Å². The fraction of sp³-hybridized carbons (Fsp3) is 0.333. The maximum absolute atomic E-state index is 5.15. The summed E-state index contributed by atoms with van der Waals surface area (Å²) in [5.74, 6) is 1.97. The predicted molar refractivity (Wildman–Crippen MR) is 49.0 cm³/mol. The molecule has 0 aromatic carbocycles. The molecule has 0 fully saturated rings. The van der Waals surface area contributed by atoms with Crippen LogP contribution in [-0.2, 0) is 0 Å². The molecule has 0 saturated heterocycles. The highest BCUT2D eigenvalue weighted by molar-refractivity contribution is 7.99. The Labute approximate surface area is 71.5 Å². The third kappa shape index (κ3) is 2.46. The first-order valence-corrected chi connectivity index (χ1v) is 4.50.